The zero-order valence-electron chi connectivity index (χ0n) is 11.2. The fourth-order valence-electron chi connectivity index (χ4n) is 1.46. The molecule has 0 spiro atoms. The molecule has 1 aromatic carbocycles. The molecule has 0 atom stereocenters. The normalized spacial score (nSPS) is 10.1. The van der Waals surface area contributed by atoms with Crippen molar-refractivity contribution in [1.82, 2.24) is 5.32 Å². The fraction of sp³-hybridized carbons (Fsp3) is 0.467. The average molecular weight is 310 g/mol. The van der Waals surface area contributed by atoms with E-state index < -0.39 is 0 Å². The van der Waals surface area contributed by atoms with E-state index in [0.29, 0.717) is 12.5 Å². The molecule has 3 heteroatoms. The molecule has 1 aromatic rings. The van der Waals surface area contributed by atoms with Crippen LogP contribution in [0.25, 0.3) is 0 Å². The van der Waals surface area contributed by atoms with Crippen LogP contribution in [0.3, 0.4) is 0 Å². The quantitative estimate of drug-likeness (QED) is 0.811. The van der Waals surface area contributed by atoms with Gasteiger partial charge < -0.3 is 10.1 Å². The molecule has 1 rings (SSSR count). The molecule has 0 aliphatic carbocycles. The van der Waals surface area contributed by atoms with Crippen molar-refractivity contribution in [3.05, 3.63) is 28.2 Å². The lowest BCUT2D eigenvalue weighted by Gasteiger charge is -2.10. The predicted octanol–water partition coefficient (Wildman–Crippen LogP) is 3.60. The van der Waals surface area contributed by atoms with Crippen LogP contribution < -0.4 is 10.1 Å². The monoisotopic (exact) mass is 309 g/mol. The van der Waals surface area contributed by atoms with E-state index in [1.807, 2.05) is 13.0 Å². The van der Waals surface area contributed by atoms with Crippen LogP contribution in [0.5, 0.6) is 5.75 Å². The van der Waals surface area contributed by atoms with Crippen LogP contribution in [0.15, 0.2) is 22.7 Å². The van der Waals surface area contributed by atoms with Gasteiger partial charge in [0.25, 0.3) is 0 Å². The van der Waals surface area contributed by atoms with Gasteiger partial charge in [-0.3, -0.25) is 0 Å². The van der Waals surface area contributed by atoms with Gasteiger partial charge in [0.1, 0.15) is 12.4 Å². The maximum Gasteiger partial charge on any atom is 0.149 e. The number of benzene rings is 1. The predicted molar refractivity (Wildman–Crippen MR) is 79.6 cm³/mol. The van der Waals surface area contributed by atoms with Crippen molar-refractivity contribution in [3.63, 3.8) is 0 Å². The van der Waals surface area contributed by atoms with E-state index in [1.165, 1.54) is 5.56 Å². The molecule has 0 saturated heterocycles. The highest BCUT2D eigenvalue weighted by molar-refractivity contribution is 9.10. The second-order valence-electron chi connectivity index (χ2n) is 4.50. The van der Waals surface area contributed by atoms with Gasteiger partial charge in [-0.2, -0.15) is 0 Å². The lowest BCUT2D eigenvalue weighted by atomic mass is 10.2. The molecule has 98 valence electrons. The summed E-state index contributed by atoms with van der Waals surface area (Å²) in [6.07, 6.45) is 0. The highest BCUT2D eigenvalue weighted by atomic mass is 79.9. The number of rotatable bonds is 6. The molecule has 0 amide bonds. The number of halogens is 1. The molecule has 18 heavy (non-hydrogen) atoms. The minimum absolute atomic E-state index is 0.431. The summed E-state index contributed by atoms with van der Waals surface area (Å²) in [6, 6.07) is 6.14. The number of ether oxygens (including phenoxy) is 1. The van der Waals surface area contributed by atoms with Crippen LogP contribution in [0.1, 0.15) is 26.3 Å². The van der Waals surface area contributed by atoms with Gasteiger partial charge in [0.15, 0.2) is 0 Å². The molecule has 1 N–H and O–H groups in total. The maximum atomic E-state index is 5.53. The minimum Gasteiger partial charge on any atom is -0.480 e. The van der Waals surface area contributed by atoms with Crippen molar-refractivity contribution >= 4 is 15.9 Å². The molecule has 0 aliphatic rings. The topological polar surface area (TPSA) is 21.3 Å². The zero-order valence-corrected chi connectivity index (χ0v) is 12.8. The van der Waals surface area contributed by atoms with Crippen LogP contribution in [-0.2, 0) is 6.54 Å². The van der Waals surface area contributed by atoms with Crippen molar-refractivity contribution in [3.8, 4) is 17.6 Å². The highest BCUT2D eigenvalue weighted by Gasteiger charge is 2.02. The average Bonchev–Trinajstić information content (AvgIpc) is 2.31. The van der Waals surface area contributed by atoms with E-state index in [4.69, 9.17) is 4.74 Å². The van der Waals surface area contributed by atoms with Gasteiger partial charge in [-0.15, -0.1) is 5.92 Å². The molecule has 0 radical (unpaired) electrons. The molecule has 0 saturated carbocycles. The van der Waals surface area contributed by atoms with E-state index in [2.05, 4.69) is 59.1 Å². The Morgan fingerprint density at radius 2 is 2.17 bits per heavy atom. The zero-order chi connectivity index (χ0) is 13.4. The summed E-state index contributed by atoms with van der Waals surface area (Å²) < 4.78 is 6.51. The van der Waals surface area contributed by atoms with E-state index in [-0.39, 0.29) is 0 Å². The van der Waals surface area contributed by atoms with Crippen molar-refractivity contribution < 1.29 is 4.74 Å². The van der Waals surface area contributed by atoms with Crippen LogP contribution >= 0.6 is 15.9 Å². The first kappa shape index (κ1) is 15.1. The maximum absolute atomic E-state index is 5.53. The van der Waals surface area contributed by atoms with E-state index >= 15 is 0 Å². The summed E-state index contributed by atoms with van der Waals surface area (Å²) in [5.74, 6) is 7.20. The summed E-state index contributed by atoms with van der Waals surface area (Å²) in [7, 11) is 0. The Morgan fingerprint density at radius 3 is 2.78 bits per heavy atom. The molecular formula is C15H20BrNO. The van der Waals surface area contributed by atoms with Crippen molar-refractivity contribution in [2.45, 2.75) is 27.3 Å². The standard InChI is InChI=1S/C15H20BrNO/c1-4-5-8-18-15-7-6-13(9-14(15)16)11-17-10-12(2)3/h6-7,9,12,17H,8,10-11H2,1-3H3. The Morgan fingerprint density at radius 1 is 1.39 bits per heavy atom. The molecule has 0 unspecified atom stereocenters. The fourth-order valence-corrected chi connectivity index (χ4v) is 2.00. The van der Waals surface area contributed by atoms with Crippen molar-refractivity contribution in [2.75, 3.05) is 13.2 Å². The molecule has 0 aliphatic heterocycles. The number of hydrogen-bond acceptors (Lipinski definition) is 2. The van der Waals surface area contributed by atoms with Crippen LogP contribution in [0.4, 0.5) is 0 Å². The third-order valence-electron chi connectivity index (χ3n) is 2.35. The lowest BCUT2D eigenvalue weighted by molar-refractivity contribution is 0.367. The van der Waals surface area contributed by atoms with Gasteiger partial charge >= 0.3 is 0 Å². The van der Waals surface area contributed by atoms with Crippen LogP contribution in [0, 0.1) is 17.8 Å². The first-order valence-corrected chi connectivity index (χ1v) is 6.94. The van der Waals surface area contributed by atoms with Crippen LogP contribution in [0.2, 0.25) is 0 Å². The molecule has 0 aromatic heterocycles. The Labute approximate surface area is 118 Å². The smallest absolute Gasteiger partial charge is 0.149 e. The molecule has 0 bridgehead atoms. The molecule has 0 fully saturated rings. The number of nitrogens with one attached hydrogen (secondary N) is 1. The van der Waals surface area contributed by atoms with Crippen molar-refractivity contribution in [1.29, 1.82) is 0 Å². The summed E-state index contributed by atoms with van der Waals surface area (Å²) >= 11 is 3.52. The van der Waals surface area contributed by atoms with Gasteiger partial charge in [-0.05, 0) is 53.0 Å². The summed E-state index contributed by atoms with van der Waals surface area (Å²) in [5, 5.41) is 3.42. The third-order valence-corrected chi connectivity index (χ3v) is 2.97. The van der Waals surface area contributed by atoms with E-state index in [9.17, 15) is 0 Å². The van der Waals surface area contributed by atoms with Gasteiger partial charge in [0.05, 0.1) is 4.47 Å². The van der Waals surface area contributed by atoms with Gasteiger partial charge in [0, 0.05) is 6.54 Å². The first-order valence-electron chi connectivity index (χ1n) is 6.15. The Bertz CT molecular complexity index is 432. The Hall–Kier alpha value is -0.980. The van der Waals surface area contributed by atoms with Gasteiger partial charge in [0.2, 0.25) is 0 Å². The SMILES string of the molecule is CC#CCOc1ccc(CNCC(C)C)cc1Br. The summed E-state index contributed by atoms with van der Waals surface area (Å²) in [6.45, 7) is 8.55. The van der Waals surface area contributed by atoms with E-state index in [0.717, 1.165) is 23.3 Å². The van der Waals surface area contributed by atoms with Gasteiger partial charge in [-0.25, -0.2) is 0 Å². The van der Waals surface area contributed by atoms with Crippen molar-refractivity contribution in [2.24, 2.45) is 5.92 Å². The summed E-state index contributed by atoms with van der Waals surface area (Å²) in [4.78, 5) is 0. The third kappa shape index (κ3) is 5.57. The largest absolute Gasteiger partial charge is 0.480 e. The van der Waals surface area contributed by atoms with Gasteiger partial charge in [-0.1, -0.05) is 25.8 Å². The lowest BCUT2D eigenvalue weighted by Crippen LogP contribution is -2.18. The van der Waals surface area contributed by atoms with Crippen LogP contribution in [-0.4, -0.2) is 13.2 Å². The number of hydrogen-bond donors (Lipinski definition) is 1. The Kier molecular flexibility index (Phi) is 6.85. The Balaban J connectivity index is 2.52. The summed E-state index contributed by atoms with van der Waals surface area (Å²) in [5.41, 5.74) is 1.25. The molecular weight excluding hydrogens is 290 g/mol. The highest BCUT2D eigenvalue weighted by Crippen LogP contribution is 2.25. The second-order valence-corrected chi connectivity index (χ2v) is 5.36. The first-order chi connectivity index (χ1) is 8.63. The minimum atomic E-state index is 0.431. The molecule has 2 nitrogen and oxygen atoms in total. The van der Waals surface area contributed by atoms with E-state index in [1.54, 1.807) is 0 Å². The molecule has 0 heterocycles. The second kappa shape index (κ2) is 8.18.